The number of benzene rings is 1. The molecule has 1 aromatic heterocycles. The zero-order valence-electron chi connectivity index (χ0n) is 18.3. The summed E-state index contributed by atoms with van der Waals surface area (Å²) in [5.74, 6) is 0.250. The Hall–Kier alpha value is -3.49. The Morgan fingerprint density at radius 2 is 1.67 bits per heavy atom. The van der Waals surface area contributed by atoms with E-state index in [1.54, 1.807) is 27.7 Å². The largest absolute Gasteiger partial charge is 0.493 e. The van der Waals surface area contributed by atoms with Crippen molar-refractivity contribution < 1.29 is 28.5 Å². The lowest BCUT2D eigenvalue weighted by Gasteiger charge is -2.13. The first-order valence-corrected chi connectivity index (χ1v) is 9.30. The van der Waals surface area contributed by atoms with Crippen LogP contribution in [0, 0.1) is 13.8 Å². The maximum atomic E-state index is 12.6. The molecule has 0 bridgehead atoms. The van der Waals surface area contributed by atoms with Crippen LogP contribution in [0.15, 0.2) is 17.2 Å². The molecule has 9 heteroatoms. The van der Waals surface area contributed by atoms with Crippen LogP contribution in [0.25, 0.3) is 0 Å². The number of aryl methyl sites for hydroxylation is 1. The summed E-state index contributed by atoms with van der Waals surface area (Å²) in [7, 11) is 4.43. The van der Waals surface area contributed by atoms with Crippen molar-refractivity contribution in [3.8, 4) is 17.2 Å². The lowest BCUT2D eigenvalue weighted by atomic mass is 10.1. The maximum absolute atomic E-state index is 12.6. The number of hydrogen-bond donors (Lipinski definition) is 2. The van der Waals surface area contributed by atoms with Crippen molar-refractivity contribution in [2.75, 3.05) is 27.9 Å². The number of methoxy groups -OCH3 is 3. The average Bonchev–Trinajstić information content (AvgIpc) is 3.04. The van der Waals surface area contributed by atoms with Crippen LogP contribution >= 0.6 is 0 Å². The van der Waals surface area contributed by atoms with Crippen molar-refractivity contribution in [1.82, 2.24) is 10.4 Å². The standard InChI is InChI=1S/C21H27N3O6/c1-8-30-21(26)17-11(2)18(22-12(17)3)13(4)23-24-20(25)14-9-15(27-5)19(29-7)16(10-14)28-6/h9-10,22H,8H2,1-7H3,(H,24,25)/b23-13+. The fourth-order valence-corrected chi connectivity index (χ4v) is 3.09. The Bertz CT molecular complexity index is 952. The van der Waals surface area contributed by atoms with Gasteiger partial charge in [-0.1, -0.05) is 0 Å². The minimum absolute atomic E-state index is 0.285. The Morgan fingerprint density at radius 3 is 2.17 bits per heavy atom. The number of rotatable bonds is 8. The molecule has 162 valence electrons. The first-order valence-electron chi connectivity index (χ1n) is 9.30. The minimum Gasteiger partial charge on any atom is -0.493 e. The van der Waals surface area contributed by atoms with E-state index in [1.165, 1.54) is 33.5 Å². The van der Waals surface area contributed by atoms with E-state index in [0.29, 0.717) is 45.5 Å². The molecule has 0 aliphatic carbocycles. The molecule has 0 saturated carbocycles. The van der Waals surface area contributed by atoms with Gasteiger partial charge in [-0.05, 0) is 45.4 Å². The van der Waals surface area contributed by atoms with Crippen molar-refractivity contribution in [2.45, 2.75) is 27.7 Å². The summed E-state index contributed by atoms with van der Waals surface area (Å²) in [4.78, 5) is 27.9. The number of ether oxygens (including phenoxy) is 4. The third-order valence-corrected chi connectivity index (χ3v) is 4.53. The number of esters is 1. The number of nitrogens with one attached hydrogen (secondary N) is 2. The second-order valence-corrected chi connectivity index (χ2v) is 6.40. The van der Waals surface area contributed by atoms with E-state index in [4.69, 9.17) is 18.9 Å². The Morgan fingerprint density at radius 1 is 1.07 bits per heavy atom. The van der Waals surface area contributed by atoms with Gasteiger partial charge < -0.3 is 23.9 Å². The Balaban J connectivity index is 2.29. The Labute approximate surface area is 175 Å². The van der Waals surface area contributed by atoms with Crippen LogP contribution in [0.5, 0.6) is 17.2 Å². The summed E-state index contributed by atoms with van der Waals surface area (Å²) >= 11 is 0. The summed E-state index contributed by atoms with van der Waals surface area (Å²) in [5, 5.41) is 4.17. The highest BCUT2D eigenvalue weighted by Crippen LogP contribution is 2.38. The topological polar surface area (TPSA) is 111 Å². The minimum atomic E-state index is -0.458. The van der Waals surface area contributed by atoms with E-state index >= 15 is 0 Å². The smallest absolute Gasteiger partial charge is 0.340 e. The Kier molecular flexibility index (Phi) is 7.46. The predicted molar refractivity (Wildman–Crippen MR) is 112 cm³/mol. The van der Waals surface area contributed by atoms with Crippen molar-refractivity contribution in [3.05, 3.63) is 40.2 Å². The van der Waals surface area contributed by atoms with Gasteiger partial charge in [0, 0.05) is 11.3 Å². The van der Waals surface area contributed by atoms with Crippen LogP contribution in [0.3, 0.4) is 0 Å². The molecular formula is C21H27N3O6. The summed E-state index contributed by atoms with van der Waals surface area (Å²) in [6.45, 7) is 7.34. The molecule has 0 aliphatic rings. The highest BCUT2D eigenvalue weighted by Gasteiger charge is 2.21. The molecule has 1 amide bonds. The fraction of sp³-hybridized carbons (Fsp3) is 0.381. The van der Waals surface area contributed by atoms with Crippen molar-refractivity contribution in [1.29, 1.82) is 0 Å². The average molecular weight is 417 g/mol. The molecule has 0 aliphatic heterocycles. The van der Waals surface area contributed by atoms with Gasteiger partial charge >= 0.3 is 5.97 Å². The maximum Gasteiger partial charge on any atom is 0.340 e. The lowest BCUT2D eigenvalue weighted by Crippen LogP contribution is -2.20. The second kappa shape index (κ2) is 9.82. The van der Waals surface area contributed by atoms with Gasteiger partial charge in [0.2, 0.25) is 5.75 Å². The van der Waals surface area contributed by atoms with Gasteiger partial charge in [-0.3, -0.25) is 4.79 Å². The van der Waals surface area contributed by atoms with Gasteiger partial charge in [-0.15, -0.1) is 0 Å². The molecule has 9 nitrogen and oxygen atoms in total. The molecule has 0 saturated heterocycles. The third-order valence-electron chi connectivity index (χ3n) is 4.53. The molecule has 0 unspecified atom stereocenters. The van der Waals surface area contributed by atoms with Crippen molar-refractivity contribution >= 4 is 17.6 Å². The number of hydrazone groups is 1. The van der Waals surface area contributed by atoms with Crippen LogP contribution in [-0.2, 0) is 4.74 Å². The lowest BCUT2D eigenvalue weighted by molar-refractivity contribution is 0.0524. The number of H-pyrrole nitrogens is 1. The number of aromatic nitrogens is 1. The summed E-state index contributed by atoms with van der Waals surface area (Å²) < 4.78 is 20.9. The first kappa shape index (κ1) is 22.8. The second-order valence-electron chi connectivity index (χ2n) is 6.40. The normalized spacial score (nSPS) is 11.1. The van der Waals surface area contributed by atoms with Gasteiger partial charge in [0.25, 0.3) is 5.91 Å². The molecule has 2 rings (SSSR count). The highest BCUT2D eigenvalue weighted by molar-refractivity contribution is 6.04. The van der Waals surface area contributed by atoms with Crippen LogP contribution in [-0.4, -0.2) is 50.5 Å². The molecule has 1 aromatic carbocycles. The van der Waals surface area contributed by atoms with Crippen LogP contribution in [0.2, 0.25) is 0 Å². The van der Waals surface area contributed by atoms with Crippen LogP contribution < -0.4 is 19.6 Å². The van der Waals surface area contributed by atoms with Crippen LogP contribution in [0.1, 0.15) is 51.5 Å². The van der Waals surface area contributed by atoms with E-state index < -0.39 is 11.9 Å². The van der Waals surface area contributed by atoms with Gasteiger partial charge in [0.05, 0.1) is 44.9 Å². The van der Waals surface area contributed by atoms with Gasteiger partial charge in [0.15, 0.2) is 11.5 Å². The molecule has 2 N–H and O–H groups in total. The fourth-order valence-electron chi connectivity index (χ4n) is 3.09. The molecule has 0 radical (unpaired) electrons. The number of carbonyl (C=O) groups is 2. The van der Waals surface area contributed by atoms with Crippen molar-refractivity contribution in [3.63, 3.8) is 0 Å². The van der Waals surface area contributed by atoms with Gasteiger partial charge in [-0.25, -0.2) is 10.2 Å². The summed E-state index contributed by atoms with van der Waals surface area (Å²) in [5.41, 5.74) is 5.78. The van der Waals surface area contributed by atoms with Crippen molar-refractivity contribution in [2.24, 2.45) is 5.10 Å². The molecule has 2 aromatic rings. The zero-order valence-corrected chi connectivity index (χ0v) is 18.3. The summed E-state index contributed by atoms with van der Waals surface area (Å²) in [6.07, 6.45) is 0. The number of hydrogen-bond acceptors (Lipinski definition) is 7. The predicted octanol–water partition coefficient (Wildman–Crippen LogP) is 2.99. The molecule has 1 heterocycles. The van der Waals surface area contributed by atoms with Gasteiger partial charge in [-0.2, -0.15) is 5.10 Å². The monoisotopic (exact) mass is 417 g/mol. The molecule has 0 spiro atoms. The molecule has 0 fully saturated rings. The van der Waals surface area contributed by atoms with E-state index in [1.807, 2.05) is 0 Å². The van der Waals surface area contributed by atoms with Gasteiger partial charge in [0.1, 0.15) is 0 Å². The molecule has 0 atom stereocenters. The zero-order chi connectivity index (χ0) is 22.4. The summed E-state index contributed by atoms with van der Waals surface area (Å²) in [6, 6.07) is 3.06. The molecular weight excluding hydrogens is 390 g/mol. The third kappa shape index (κ3) is 4.56. The van der Waals surface area contributed by atoms with E-state index in [9.17, 15) is 9.59 Å². The molecule has 30 heavy (non-hydrogen) atoms. The SMILES string of the molecule is CCOC(=O)c1c(C)[nH]c(/C(C)=N/NC(=O)c2cc(OC)c(OC)c(OC)c2)c1C. The number of amides is 1. The van der Waals surface area contributed by atoms with E-state index in [0.717, 1.165) is 0 Å². The number of aromatic amines is 1. The highest BCUT2D eigenvalue weighted by atomic mass is 16.5. The number of carbonyl (C=O) groups excluding carboxylic acids is 2. The van der Waals surface area contributed by atoms with E-state index in [2.05, 4.69) is 15.5 Å². The van der Waals surface area contributed by atoms with E-state index in [-0.39, 0.29) is 12.2 Å². The first-order chi connectivity index (χ1) is 14.3. The number of nitrogens with zero attached hydrogens (tertiary/aromatic N) is 1. The quantitative estimate of drug-likeness (QED) is 0.388. The van der Waals surface area contributed by atoms with Crippen LogP contribution in [0.4, 0.5) is 0 Å².